The van der Waals surface area contributed by atoms with Gasteiger partial charge in [-0.2, -0.15) is 0 Å². The Balaban J connectivity index is 1.58. The minimum absolute atomic E-state index is 0.221. The maximum atomic E-state index is 13.2. The lowest BCUT2D eigenvalue weighted by Crippen LogP contribution is -1.98. The second-order valence-electron chi connectivity index (χ2n) is 5.87. The first-order chi connectivity index (χ1) is 12.2. The van der Waals surface area contributed by atoms with E-state index in [0.717, 1.165) is 37.7 Å². The van der Waals surface area contributed by atoms with E-state index in [4.69, 9.17) is 0 Å². The van der Waals surface area contributed by atoms with Crippen molar-refractivity contribution in [2.45, 2.75) is 13.5 Å². The number of hydrogen-bond acceptors (Lipinski definition) is 4. The van der Waals surface area contributed by atoms with Crippen LogP contribution in [0.3, 0.4) is 0 Å². The summed E-state index contributed by atoms with van der Waals surface area (Å²) >= 11 is 1.60. The van der Waals surface area contributed by atoms with Gasteiger partial charge < -0.3 is 5.32 Å². The maximum absolute atomic E-state index is 13.2. The highest BCUT2D eigenvalue weighted by Gasteiger charge is 2.06. The quantitative estimate of drug-likeness (QED) is 0.535. The molecule has 0 unspecified atom stereocenters. The van der Waals surface area contributed by atoms with E-state index in [2.05, 4.69) is 33.5 Å². The van der Waals surface area contributed by atoms with E-state index in [-0.39, 0.29) is 5.82 Å². The van der Waals surface area contributed by atoms with Gasteiger partial charge in [0.2, 0.25) is 0 Å². The first-order valence-electron chi connectivity index (χ1n) is 7.99. The molecule has 2 aromatic carbocycles. The van der Waals surface area contributed by atoms with Crippen molar-refractivity contribution < 1.29 is 4.39 Å². The number of thiazole rings is 1. The number of anilines is 1. The van der Waals surface area contributed by atoms with Crippen LogP contribution in [0.2, 0.25) is 0 Å². The smallest absolute Gasteiger partial charge is 0.184 e. The van der Waals surface area contributed by atoms with E-state index in [1.54, 1.807) is 17.4 Å². The third-order valence-corrected chi connectivity index (χ3v) is 4.93. The fourth-order valence-corrected chi connectivity index (χ4v) is 3.63. The zero-order valence-electron chi connectivity index (χ0n) is 13.7. The van der Waals surface area contributed by atoms with Gasteiger partial charge in [-0.25, -0.2) is 9.37 Å². The Labute approximate surface area is 149 Å². The van der Waals surface area contributed by atoms with E-state index in [0.29, 0.717) is 6.54 Å². The Morgan fingerprint density at radius 3 is 2.76 bits per heavy atom. The molecular formula is C20H16FN3S. The molecule has 0 saturated heterocycles. The van der Waals surface area contributed by atoms with Crippen molar-refractivity contribution in [3.63, 3.8) is 0 Å². The van der Waals surface area contributed by atoms with E-state index in [9.17, 15) is 4.39 Å². The van der Waals surface area contributed by atoms with Gasteiger partial charge in [0.15, 0.2) is 5.13 Å². The van der Waals surface area contributed by atoms with E-state index in [1.807, 2.05) is 31.3 Å². The number of pyridine rings is 1. The van der Waals surface area contributed by atoms with Gasteiger partial charge in [-0.1, -0.05) is 29.5 Å². The highest BCUT2D eigenvalue weighted by molar-refractivity contribution is 7.22. The molecule has 2 aromatic heterocycles. The Kier molecular flexibility index (Phi) is 4.15. The summed E-state index contributed by atoms with van der Waals surface area (Å²) in [5.41, 5.74) is 5.16. The molecule has 3 nitrogen and oxygen atoms in total. The van der Waals surface area contributed by atoms with Gasteiger partial charge >= 0.3 is 0 Å². The van der Waals surface area contributed by atoms with Crippen LogP contribution in [0.15, 0.2) is 60.8 Å². The van der Waals surface area contributed by atoms with Crippen LogP contribution >= 0.6 is 11.3 Å². The number of halogens is 1. The van der Waals surface area contributed by atoms with Crippen molar-refractivity contribution in [1.82, 2.24) is 9.97 Å². The number of fused-ring (bicyclic) bond motifs is 1. The van der Waals surface area contributed by atoms with Gasteiger partial charge in [0.25, 0.3) is 0 Å². The molecule has 0 amide bonds. The zero-order valence-corrected chi connectivity index (χ0v) is 14.5. The van der Waals surface area contributed by atoms with Crippen molar-refractivity contribution in [3.05, 3.63) is 77.9 Å². The number of aryl methyl sites for hydroxylation is 1. The summed E-state index contributed by atoms with van der Waals surface area (Å²) < 4.78 is 14.4. The molecule has 2 heterocycles. The van der Waals surface area contributed by atoms with Crippen LogP contribution in [0, 0.1) is 12.7 Å². The summed E-state index contributed by atoms with van der Waals surface area (Å²) in [6, 6.07) is 16.9. The van der Waals surface area contributed by atoms with Crippen molar-refractivity contribution in [2.75, 3.05) is 5.32 Å². The van der Waals surface area contributed by atoms with Crippen LogP contribution in [-0.2, 0) is 6.54 Å². The predicted octanol–water partition coefficient (Wildman–Crippen LogP) is 5.42. The Morgan fingerprint density at radius 2 is 1.92 bits per heavy atom. The minimum atomic E-state index is -0.221. The molecule has 0 aliphatic heterocycles. The highest BCUT2D eigenvalue weighted by Crippen LogP contribution is 2.30. The molecule has 0 aliphatic carbocycles. The molecule has 0 radical (unpaired) electrons. The van der Waals surface area contributed by atoms with E-state index >= 15 is 0 Å². The molecule has 124 valence electrons. The van der Waals surface area contributed by atoms with E-state index < -0.39 is 0 Å². The Morgan fingerprint density at radius 1 is 1.04 bits per heavy atom. The molecule has 0 aliphatic rings. The number of nitrogens with one attached hydrogen (secondary N) is 1. The summed E-state index contributed by atoms with van der Waals surface area (Å²) in [5, 5.41) is 4.11. The molecule has 0 bridgehead atoms. The number of aromatic nitrogens is 2. The normalized spacial score (nSPS) is 11.0. The monoisotopic (exact) mass is 349 g/mol. The topological polar surface area (TPSA) is 37.8 Å². The molecule has 25 heavy (non-hydrogen) atoms. The summed E-state index contributed by atoms with van der Waals surface area (Å²) in [5.74, 6) is -0.221. The number of rotatable bonds is 4. The molecular weight excluding hydrogens is 333 g/mol. The third-order valence-electron chi connectivity index (χ3n) is 3.95. The summed E-state index contributed by atoms with van der Waals surface area (Å²) in [4.78, 5) is 8.85. The standard InChI is InChI=1S/C20H16FN3S/c1-13-9-16(7-8-22-13)15-5-6-18-19(11-15)25-20(24-18)23-12-14-3-2-4-17(21)10-14/h2-11H,12H2,1H3,(H,23,24). The average molecular weight is 349 g/mol. The lowest BCUT2D eigenvalue weighted by molar-refractivity contribution is 0.626. The molecule has 0 spiro atoms. The second-order valence-corrected chi connectivity index (χ2v) is 6.90. The minimum Gasteiger partial charge on any atom is -0.357 e. The van der Waals surface area contributed by atoms with Crippen molar-refractivity contribution in [3.8, 4) is 11.1 Å². The fourth-order valence-electron chi connectivity index (χ4n) is 2.73. The lowest BCUT2D eigenvalue weighted by atomic mass is 10.1. The second kappa shape index (κ2) is 6.61. The van der Waals surface area contributed by atoms with Crippen LogP contribution in [0.1, 0.15) is 11.3 Å². The van der Waals surface area contributed by atoms with Crippen molar-refractivity contribution in [2.24, 2.45) is 0 Å². The van der Waals surface area contributed by atoms with Crippen LogP contribution in [-0.4, -0.2) is 9.97 Å². The zero-order chi connectivity index (χ0) is 17.2. The largest absolute Gasteiger partial charge is 0.357 e. The summed E-state index contributed by atoms with van der Waals surface area (Å²) in [6.45, 7) is 2.54. The Bertz CT molecular complexity index is 1040. The highest BCUT2D eigenvalue weighted by atomic mass is 32.1. The first kappa shape index (κ1) is 15.7. The SMILES string of the molecule is Cc1cc(-c2ccc3nc(NCc4cccc(F)c4)sc3c2)ccn1. The Hall–Kier alpha value is -2.79. The van der Waals surface area contributed by atoms with Gasteiger partial charge in [0, 0.05) is 18.4 Å². The molecule has 4 rings (SSSR count). The van der Waals surface area contributed by atoms with Gasteiger partial charge in [-0.05, 0) is 60.0 Å². The van der Waals surface area contributed by atoms with Gasteiger partial charge in [0.05, 0.1) is 10.2 Å². The molecule has 0 fully saturated rings. The maximum Gasteiger partial charge on any atom is 0.184 e. The first-order valence-corrected chi connectivity index (χ1v) is 8.81. The summed E-state index contributed by atoms with van der Waals surface area (Å²) in [6.07, 6.45) is 1.83. The summed E-state index contributed by atoms with van der Waals surface area (Å²) in [7, 11) is 0. The third kappa shape index (κ3) is 3.51. The van der Waals surface area contributed by atoms with Gasteiger partial charge in [-0.3, -0.25) is 4.98 Å². The van der Waals surface area contributed by atoms with Crippen molar-refractivity contribution in [1.29, 1.82) is 0 Å². The van der Waals surface area contributed by atoms with Crippen LogP contribution in [0.4, 0.5) is 9.52 Å². The predicted molar refractivity (Wildman–Crippen MR) is 101 cm³/mol. The molecule has 0 saturated carbocycles. The van der Waals surface area contributed by atoms with Gasteiger partial charge in [0.1, 0.15) is 5.82 Å². The van der Waals surface area contributed by atoms with Gasteiger partial charge in [-0.15, -0.1) is 0 Å². The van der Waals surface area contributed by atoms with Crippen LogP contribution in [0.25, 0.3) is 21.3 Å². The number of benzene rings is 2. The average Bonchev–Trinajstić information content (AvgIpc) is 3.02. The number of hydrogen-bond donors (Lipinski definition) is 1. The number of nitrogens with zero attached hydrogens (tertiary/aromatic N) is 2. The molecule has 4 aromatic rings. The lowest BCUT2D eigenvalue weighted by Gasteiger charge is -2.02. The van der Waals surface area contributed by atoms with Crippen molar-refractivity contribution >= 4 is 26.7 Å². The fraction of sp³-hybridized carbons (Fsp3) is 0.100. The molecule has 1 N–H and O–H groups in total. The molecule has 0 atom stereocenters. The van der Waals surface area contributed by atoms with E-state index in [1.165, 1.54) is 12.1 Å². The van der Waals surface area contributed by atoms with Crippen LogP contribution < -0.4 is 5.32 Å². The molecule has 5 heteroatoms. The van der Waals surface area contributed by atoms with Crippen LogP contribution in [0.5, 0.6) is 0 Å².